The Morgan fingerprint density at radius 1 is 1.47 bits per heavy atom. The van der Waals surface area contributed by atoms with E-state index in [1.165, 1.54) is 18.2 Å². The molecule has 5 heteroatoms. The summed E-state index contributed by atoms with van der Waals surface area (Å²) in [5.41, 5.74) is -0.0923. The quantitative estimate of drug-likeness (QED) is 0.733. The highest BCUT2D eigenvalue weighted by Gasteiger charge is 2.16. The summed E-state index contributed by atoms with van der Waals surface area (Å²) in [5, 5.41) is 22.1. The predicted octanol–water partition coefficient (Wildman–Crippen LogP) is 1.61. The summed E-state index contributed by atoms with van der Waals surface area (Å²) in [6.07, 6.45) is 0. The summed E-state index contributed by atoms with van der Waals surface area (Å²) in [6.45, 7) is 1.81. The molecular formula is C10H12BrNO3. The Kier molecular flexibility index (Phi) is 3.96. The van der Waals surface area contributed by atoms with E-state index in [2.05, 4.69) is 21.2 Å². The normalized spacial score (nSPS) is 12.1. The van der Waals surface area contributed by atoms with Gasteiger partial charge in [0.15, 0.2) is 0 Å². The third-order valence-electron chi connectivity index (χ3n) is 1.86. The number of nitrogens with one attached hydrogen (secondary N) is 1. The van der Waals surface area contributed by atoms with Gasteiger partial charge in [-0.1, -0.05) is 22.0 Å². The molecule has 1 rings (SSSR count). The van der Waals surface area contributed by atoms with Gasteiger partial charge in [-0.3, -0.25) is 4.79 Å². The zero-order chi connectivity index (χ0) is 11.4. The molecule has 1 amide bonds. The number of halogens is 1. The molecule has 0 fully saturated rings. The Labute approximate surface area is 96.1 Å². The highest BCUT2D eigenvalue weighted by atomic mass is 79.9. The van der Waals surface area contributed by atoms with Crippen molar-refractivity contribution in [1.29, 1.82) is 0 Å². The standard InChI is InChI=1S/C10H12BrNO3/c1-6(5-11)12-10(15)9-7(13)3-2-4-8(9)14/h2-4,6,13-14H,5H2,1H3,(H,12,15). The van der Waals surface area contributed by atoms with Crippen molar-refractivity contribution in [2.75, 3.05) is 5.33 Å². The summed E-state index contributed by atoms with van der Waals surface area (Å²) >= 11 is 3.21. The maximum Gasteiger partial charge on any atom is 0.259 e. The van der Waals surface area contributed by atoms with Crippen molar-refractivity contribution >= 4 is 21.8 Å². The number of phenolic OH excluding ortho intramolecular Hbond substituents is 2. The average molecular weight is 274 g/mol. The van der Waals surface area contributed by atoms with Crippen molar-refractivity contribution in [3.63, 3.8) is 0 Å². The van der Waals surface area contributed by atoms with Crippen LogP contribution in [-0.2, 0) is 0 Å². The highest BCUT2D eigenvalue weighted by molar-refractivity contribution is 9.09. The number of rotatable bonds is 3. The molecule has 0 heterocycles. The number of benzene rings is 1. The fourth-order valence-electron chi connectivity index (χ4n) is 1.10. The van der Waals surface area contributed by atoms with E-state index in [9.17, 15) is 15.0 Å². The first kappa shape index (κ1) is 11.8. The summed E-state index contributed by atoms with van der Waals surface area (Å²) in [4.78, 5) is 11.6. The van der Waals surface area contributed by atoms with E-state index in [0.717, 1.165) is 0 Å². The molecule has 0 saturated carbocycles. The number of aromatic hydroxyl groups is 2. The number of hydrogen-bond donors (Lipinski definition) is 3. The Morgan fingerprint density at radius 3 is 2.47 bits per heavy atom. The summed E-state index contributed by atoms with van der Waals surface area (Å²) in [5.74, 6) is -0.943. The molecule has 0 aromatic heterocycles. The van der Waals surface area contributed by atoms with Crippen LogP contribution in [0.4, 0.5) is 0 Å². The first-order valence-corrected chi connectivity index (χ1v) is 5.56. The molecule has 82 valence electrons. The first-order valence-electron chi connectivity index (χ1n) is 4.44. The monoisotopic (exact) mass is 273 g/mol. The van der Waals surface area contributed by atoms with E-state index in [-0.39, 0.29) is 23.1 Å². The van der Waals surface area contributed by atoms with Crippen LogP contribution < -0.4 is 5.32 Å². The fourth-order valence-corrected chi connectivity index (χ4v) is 1.26. The molecule has 0 spiro atoms. The lowest BCUT2D eigenvalue weighted by Crippen LogP contribution is -2.33. The van der Waals surface area contributed by atoms with Crippen LogP contribution >= 0.6 is 15.9 Å². The van der Waals surface area contributed by atoms with Crippen molar-refractivity contribution in [1.82, 2.24) is 5.32 Å². The van der Waals surface area contributed by atoms with E-state index in [0.29, 0.717) is 5.33 Å². The van der Waals surface area contributed by atoms with Crippen LogP contribution in [0, 0.1) is 0 Å². The molecule has 0 bridgehead atoms. The SMILES string of the molecule is CC(CBr)NC(=O)c1c(O)cccc1O. The maximum atomic E-state index is 11.6. The number of alkyl halides is 1. The molecule has 3 N–H and O–H groups in total. The molecule has 0 aliphatic rings. The number of carbonyl (C=O) groups excluding carboxylic acids is 1. The van der Waals surface area contributed by atoms with E-state index < -0.39 is 5.91 Å². The number of hydrogen-bond acceptors (Lipinski definition) is 3. The van der Waals surface area contributed by atoms with E-state index in [1.807, 2.05) is 6.92 Å². The summed E-state index contributed by atoms with van der Waals surface area (Å²) < 4.78 is 0. The lowest BCUT2D eigenvalue weighted by molar-refractivity contribution is 0.0938. The highest BCUT2D eigenvalue weighted by Crippen LogP contribution is 2.25. The smallest absolute Gasteiger partial charge is 0.259 e. The van der Waals surface area contributed by atoms with Gasteiger partial charge in [0.25, 0.3) is 5.91 Å². The van der Waals surface area contributed by atoms with Crippen LogP contribution in [0.25, 0.3) is 0 Å². The van der Waals surface area contributed by atoms with Gasteiger partial charge in [0, 0.05) is 11.4 Å². The molecule has 0 radical (unpaired) electrons. The number of phenols is 2. The van der Waals surface area contributed by atoms with Crippen molar-refractivity contribution in [2.24, 2.45) is 0 Å². The zero-order valence-corrected chi connectivity index (χ0v) is 9.78. The van der Waals surface area contributed by atoms with Gasteiger partial charge in [0.1, 0.15) is 17.1 Å². The molecule has 1 aromatic carbocycles. The second-order valence-corrected chi connectivity index (χ2v) is 3.85. The van der Waals surface area contributed by atoms with Gasteiger partial charge in [0.2, 0.25) is 0 Å². The number of carbonyl (C=O) groups is 1. The average Bonchev–Trinajstić information content (AvgIpc) is 2.17. The molecule has 1 unspecified atom stereocenters. The second kappa shape index (κ2) is 5.02. The molecule has 15 heavy (non-hydrogen) atoms. The molecular weight excluding hydrogens is 262 g/mol. The van der Waals surface area contributed by atoms with Gasteiger partial charge in [0.05, 0.1) is 0 Å². The third kappa shape index (κ3) is 2.86. The number of amides is 1. The lowest BCUT2D eigenvalue weighted by atomic mass is 10.1. The molecule has 1 aromatic rings. The van der Waals surface area contributed by atoms with Gasteiger partial charge in [-0.25, -0.2) is 0 Å². The van der Waals surface area contributed by atoms with Crippen molar-refractivity contribution < 1.29 is 15.0 Å². The van der Waals surface area contributed by atoms with Crippen LogP contribution in [0.2, 0.25) is 0 Å². The largest absolute Gasteiger partial charge is 0.507 e. The molecule has 0 aliphatic heterocycles. The zero-order valence-electron chi connectivity index (χ0n) is 8.20. The van der Waals surface area contributed by atoms with Crippen LogP contribution in [0.15, 0.2) is 18.2 Å². The Morgan fingerprint density at radius 2 is 2.00 bits per heavy atom. The van der Waals surface area contributed by atoms with Crippen LogP contribution in [0.3, 0.4) is 0 Å². The van der Waals surface area contributed by atoms with Crippen LogP contribution in [0.5, 0.6) is 11.5 Å². The third-order valence-corrected chi connectivity index (χ3v) is 2.83. The van der Waals surface area contributed by atoms with Gasteiger partial charge in [-0.2, -0.15) is 0 Å². The minimum Gasteiger partial charge on any atom is -0.507 e. The van der Waals surface area contributed by atoms with Crippen molar-refractivity contribution in [3.8, 4) is 11.5 Å². The Balaban J connectivity index is 2.91. The molecule has 0 aliphatic carbocycles. The fraction of sp³-hybridized carbons (Fsp3) is 0.300. The lowest BCUT2D eigenvalue weighted by Gasteiger charge is -2.12. The minimum atomic E-state index is -0.488. The summed E-state index contributed by atoms with van der Waals surface area (Å²) in [6, 6.07) is 4.10. The molecule has 4 nitrogen and oxygen atoms in total. The van der Waals surface area contributed by atoms with Gasteiger partial charge < -0.3 is 15.5 Å². The predicted molar refractivity (Wildman–Crippen MR) is 60.5 cm³/mol. The molecule has 0 saturated heterocycles. The second-order valence-electron chi connectivity index (χ2n) is 3.20. The van der Waals surface area contributed by atoms with Crippen LogP contribution in [0.1, 0.15) is 17.3 Å². The van der Waals surface area contributed by atoms with Gasteiger partial charge >= 0.3 is 0 Å². The maximum absolute atomic E-state index is 11.6. The van der Waals surface area contributed by atoms with E-state index >= 15 is 0 Å². The van der Waals surface area contributed by atoms with Gasteiger partial charge in [-0.05, 0) is 19.1 Å². The van der Waals surface area contributed by atoms with Crippen molar-refractivity contribution in [3.05, 3.63) is 23.8 Å². The van der Waals surface area contributed by atoms with Gasteiger partial charge in [-0.15, -0.1) is 0 Å². The Bertz CT molecular complexity index is 347. The molecule has 1 atom stereocenters. The van der Waals surface area contributed by atoms with Crippen molar-refractivity contribution in [2.45, 2.75) is 13.0 Å². The van der Waals surface area contributed by atoms with Crippen LogP contribution in [-0.4, -0.2) is 27.5 Å². The van der Waals surface area contributed by atoms with E-state index in [4.69, 9.17) is 0 Å². The topological polar surface area (TPSA) is 69.6 Å². The minimum absolute atomic E-state index is 0.0727. The Hall–Kier alpha value is -1.23. The van der Waals surface area contributed by atoms with E-state index in [1.54, 1.807) is 0 Å². The summed E-state index contributed by atoms with van der Waals surface area (Å²) in [7, 11) is 0. The first-order chi connectivity index (χ1) is 7.06.